The molecule has 0 radical (unpaired) electrons. The number of urea groups is 1. The van der Waals surface area contributed by atoms with E-state index >= 15 is 0 Å². The third-order valence-electron chi connectivity index (χ3n) is 2.85. The molecule has 0 aromatic heterocycles. The zero-order chi connectivity index (χ0) is 15.9. The second kappa shape index (κ2) is 7.85. The molecule has 0 fully saturated rings. The van der Waals surface area contributed by atoms with Crippen molar-refractivity contribution < 1.29 is 19.7 Å². The summed E-state index contributed by atoms with van der Waals surface area (Å²) in [6, 6.07) is 5.84. The Hall–Kier alpha value is -1.79. The van der Waals surface area contributed by atoms with E-state index in [2.05, 4.69) is 10.6 Å². The topological polar surface area (TPSA) is 90.8 Å². The Balaban J connectivity index is 2.40. The smallest absolute Gasteiger partial charge is 0.315 e. The number of aliphatic hydroxyl groups excluding tert-OH is 1. The lowest BCUT2D eigenvalue weighted by Crippen LogP contribution is -2.51. The summed E-state index contributed by atoms with van der Waals surface area (Å²) in [5.41, 5.74) is 0.144. The lowest BCUT2D eigenvalue weighted by molar-refractivity contribution is 0.0945. The number of carbonyl (C=O) groups excluding carboxylic acids is 1. The number of rotatable bonds is 7. The Morgan fingerprint density at radius 2 is 1.95 bits per heavy atom. The molecule has 0 aliphatic carbocycles. The van der Waals surface area contributed by atoms with Crippen LogP contribution in [0.5, 0.6) is 5.75 Å². The van der Waals surface area contributed by atoms with Crippen molar-refractivity contribution in [1.29, 1.82) is 0 Å². The number of ether oxygens (including phenoxy) is 1. The van der Waals surface area contributed by atoms with Crippen LogP contribution in [-0.4, -0.2) is 41.5 Å². The van der Waals surface area contributed by atoms with Gasteiger partial charge in [-0.05, 0) is 38.5 Å². The van der Waals surface area contributed by atoms with Crippen molar-refractivity contribution in [2.45, 2.75) is 32.4 Å². The largest absolute Gasteiger partial charge is 0.508 e. The van der Waals surface area contributed by atoms with E-state index in [4.69, 9.17) is 4.74 Å². The van der Waals surface area contributed by atoms with Crippen LogP contribution in [0.15, 0.2) is 24.3 Å². The summed E-state index contributed by atoms with van der Waals surface area (Å²) in [7, 11) is 0. The lowest BCUT2D eigenvalue weighted by Gasteiger charge is -2.26. The van der Waals surface area contributed by atoms with Gasteiger partial charge in [0.15, 0.2) is 0 Å². The first-order chi connectivity index (χ1) is 9.84. The molecular weight excluding hydrogens is 272 g/mol. The number of phenolic OH excluding ortho intramolecular Hbond substituents is 1. The van der Waals surface area contributed by atoms with E-state index in [0.29, 0.717) is 18.8 Å². The van der Waals surface area contributed by atoms with Gasteiger partial charge >= 0.3 is 6.03 Å². The van der Waals surface area contributed by atoms with Crippen LogP contribution in [0.2, 0.25) is 0 Å². The fourth-order valence-corrected chi connectivity index (χ4v) is 1.75. The van der Waals surface area contributed by atoms with Crippen LogP contribution in [0.3, 0.4) is 0 Å². The molecule has 0 aliphatic heterocycles. The molecule has 6 heteroatoms. The molecule has 0 bridgehead atoms. The number of hydrogen-bond donors (Lipinski definition) is 4. The number of phenols is 1. The summed E-state index contributed by atoms with van der Waals surface area (Å²) >= 11 is 0. The molecule has 1 atom stereocenters. The first-order valence-electron chi connectivity index (χ1n) is 6.95. The SMILES string of the molecule is CCOCC(C)(C)NC(=O)NC[C@@H](O)c1ccc(O)cc1. The van der Waals surface area contributed by atoms with Gasteiger partial charge in [0.2, 0.25) is 0 Å². The maximum atomic E-state index is 11.8. The molecule has 0 spiro atoms. The maximum absolute atomic E-state index is 11.8. The van der Waals surface area contributed by atoms with Gasteiger partial charge in [-0.15, -0.1) is 0 Å². The van der Waals surface area contributed by atoms with Crippen LogP contribution in [0.4, 0.5) is 4.79 Å². The highest BCUT2D eigenvalue weighted by atomic mass is 16.5. The third kappa shape index (κ3) is 6.46. The van der Waals surface area contributed by atoms with Crippen molar-refractivity contribution in [2.75, 3.05) is 19.8 Å². The summed E-state index contributed by atoms with van der Waals surface area (Å²) in [6.07, 6.45) is -0.827. The minimum Gasteiger partial charge on any atom is -0.508 e. The molecule has 1 aromatic rings. The predicted molar refractivity (Wildman–Crippen MR) is 80.2 cm³/mol. The van der Waals surface area contributed by atoms with E-state index in [-0.39, 0.29) is 18.3 Å². The molecule has 1 aromatic carbocycles. The molecular formula is C15H24N2O4. The summed E-state index contributed by atoms with van der Waals surface area (Å²) < 4.78 is 5.29. The number of aliphatic hydroxyl groups is 1. The Morgan fingerprint density at radius 1 is 1.33 bits per heavy atom. The number of hydrogen-bond acceptors (Lipinski definition) is 4. The Morgan fingerprint density at radius 3 is 2.52 bits per heavy atom. The van der Waals surface area contributed by atoms with Crippen LogP contribution in [0.1, 0.15) is 32.4 Å². The molecule has 0 aliphatic rings. The van der Waals surface area contributed by atoms with Crippen molar-refractivity contribution in [3.63, 3.8) is 0 Å². The normalized spacial score (nSPS) is 12.8. The van der Waals surface area contributed by atoms with Gasteiger partial charge in [0.05, 0.1) is 18.2 Å². The van der Waals surface area contributed by atoms with E-state index in [1.54, 1.807) is 12.1 Å². The molecule has 118 valence electrons. The average Bonchev–Trinajstić information content (AvgIpc) is 2.43. The summed E-state index contributed by atoms with van der Waals surface area (Å²) in [5.74, 6) is 0.134. The van der Waals surface area contributed by atoms with Crippen LogP contribution in [0.25, 0.3) is 0 Å². The molecule has 4 N–H and O–H groups in total. The molecule has 6 nitrogen and oxygen atoms in total. The fourth-order valence-electron chi connectivity index (χ4n) is 1.75. The van der Waals surface area contributed by atoms with Gasteiger partial charge < -0.3 is 25.6 Å². The van der Waals surface area contributed by atoms with Crippen LogP contribution < -0.4 is 10.6 Å². The molecule has 0 saturated heterocycles. The van der Waals surface area contributed by atoms with Crippen LogP contribution >= 0.6 is 0 Å². The van der Waals surface area contributed by atoms with Gasteiger partial charge in [-0.25, -0.2) is 4.79 Å². The van der Waals surface area contributed by atoms with E-state index < -0.39 is 11.6 Å². The van der Waals surface area contributed by atoms with E-state index in [0.717, 1.165) is 0 Å². The zero-order valence-electron chi connectivity index (χ0n) is 12.7. The van der Waals surface area contributed by atoms with Gasteiger partial charge in [-0.1, -0.05) is 12.1 Å². The number of benzene rings is 1. The Kier molecular flexibility index (Phi) is 6.45. The summed E-state index contributed by atoms with van der Waals surface area (Å²) in [6.45, 7) is 6.70. The van der Waals surface area contributed by atoms with Crippen molar-refractivity contribution in [3.05, 3.63) is 29.8 Å². The second-order valence-corrected chi connectivity index (χ2v) is 5.46. The molecule has 2 amide bonds. The first-order valence-corrected chi connectivity index (χ1v) is 6.95. The minimum atomic E-state index is -0.827. The van der Waals surface area contributed by atoms with Gasteiger partial charge in [-0.2, -0.15) is 0 Å². The number of amides is 2. The first kappa shape index (κ1) is 17.3. The predicted octanol–water partition coefficient (Wildman–Crippen LogP) is 1.54. The highest BCUT2D eigenvalue weighted by molar-refractivity contribution is 5.74. The van der Waals surface area contributed by atoms with E-state index in [1.165, 1.54) is 12.1 Å². The Bertz CT molecular complexity index is 445. The van der Waals surface area contributed by atoms with Gasteiger partial charge in [0.1, 0.15) is 5.75 Å². The van der Waals surface area contributed by atoms with Gasteiger partial charge in [0.25, 0.3) is 0 Å². The molecule has 0 saturated carbocycles. The van der Waals surface area contributed by atoms with Crippen molar-refractivity contribution in [3.8, 4) is 5.75 Å². The van der Waals surface area contributed by atoms with E-state index in [1.807, 2.05) is 20.8 Å². The second-order valence-electron chi connectivity index (χ2n) is 5.46. The fraction of sp³-hybridized carbons (Fsp3) is 0.533. The average molecular weight is 296 g/mol. The maximum Gasteiger partial charge on any atom is 0.315 e. The standard InChI is InChI=1S/C15H24N2O4/c1-4-21-10-15(2,3)17-14(20)16-9-13(19)11-5-7-12(18)8-6-11/h5-8,13,18-19H,4,9-10H2,1-3H3,(H2,16,17,20)/t13-/m1/s1. The quantitative estimate of drug-likeness (QED) is 0.614. The third-order valence-corrected chi connectivity index (χ3v) is 2.85. The molecule has 1 rings (SSSR count). The molecule has 0 heterocycles. The summed E-state index contributed by atoms with van der Waals surface area (Å²) in [4.78, 5) is 11.8. The van der Waals surface area contributed by atoms with Crippen LogP contribution in [-0.2, 0) is 4.74 Å². The number of carbonyl (C=O) groups is 1. The minimum absolute atomic E-state index is 0.0846. The van der Waals surface area contributed by atoms with Crippen molar-refractivity contribution in [1.82, 2.24) is 10.6 Å². The van der Waals surface area contributed by atoms with Gasteiger partial charge in [-0.3, -0.25) is 0 Å². The van der Waals surface area contributed by atoms with Gasteiger partial charge in [0, 0.05) is 13.2 Å². The summed E-state index contributed by atoms with van der Waals surface area (Å²) in [5, 5.41) is 24.5. The Labute approximate surface area is 125 Å². The van der Waals surface area contributed by atoms with Crippen molar-refractivity contribution in [2.24, 2.45) is 0 Å². The lowest BCUT2D eigenvalue weighted by atomic mass is 10.1. The van der Waals surface area contributed by atoms with E-state index in [9.17, 15) is 15.0 Å². The number of aromatic hydroxyl groups is 1. The number of nitrogens with one attached hydrogen (secondary N) is 2. The molecule has 0 unspecified atom stereocenters. The van der Waals surface area contributed by atoms with Crippen molar-refractivity contribution >= 4 is 6.03 Å². The highest BCUT2D eigenvalue weighted by Gasteiger charge is 2.20. The zero-order valence-corrected chi connectivity index (χ0v) is 12.7. The monoisotopic (exact) mass is 296 g/mol. The van der Waals surface area contributed by atoms with Crippen LogP contribution in [0, 0.1) is 0 Å². The molecule has 21 heavy (non-hydrogen) atoms. The highest BCUT2D eigenvalue weighted by Crippen LogP contribution is 2.16.